The molecule has 0 heteroatoms. The number of benzene rings is 5. The Hall–Kier alpha value is -3.90. The van der Waals surface area contributed by atoms with Gasteiger partial charge in [-0.15, -0.1) is 0 Å². The summed E-state index contributed by atoms with van der Waals surface area (Å²) in [4.78, 5) is 0. The average molecular weight is 607 g/mol. The van der Waals surface area contributed by atoms with E-state index in [2.05, 4.69) is 137 Å². The second-order valence-corrected chi connectivity index (χ2v) is 13.0. The molecule has 0 amide bonds. The van der Waals surface area contributed by atoms with Crippen LogP contribution in [-0.4, -0.2) is 0 Å². The lowest BCUT2D eigenvalue weighted by molar-refractivity contribution is 0.781. The molecule has 0 aliphatic carbocycles. The van der Waals surface area contributed by atoms with Crippen LogP contribution in [0, 0.1) is 0 Å². The van der Waals surface area contributed by atoms with Crippen LogP contribution in [0.1, 0.15) is 101 Å². The molecule has 238 valence electrons. The molecule has 0 saturated heterocycles. The van der Waals surface area contributed by atoms with Crippen LogP contribution in [0.15, 0.2) is 109 Å². The zero-order chi connectivity index (χ0) is 32.1. The van der Waals surface area contributed by atoms with Gasteiger partial charge in [-0.1, -0.05) is 163 Å². The summed E-state index contributed by atoms with van der Waals surface area (Å²) in [5.41, 5.74) is 16.6. The Bertz CT molecular complexity index is 1560. The third-order valence-corrected chi connectivity index (χ3v) is 9.52. The highest BCUT2D eigenvalue weighted by atomic mass is 14.2. The summed E-state index contributed by atoms with van der Waals surface area (Å²) >= 11 is 0. The monoisotopic (exact) mass is 606 g/mol. The molecule has 0 saturated carbocycles. The number of aryl methyl sites for hydroxylation is 4. The lowest BCUT2D eigenvalue weighted by atomic mass is 9.84. The maximum Gasteiger partial charge on any atom is -0.00990 e. The number of rotatable bonds is 16. The van der Waals surface area contributed by atoms with Gasteiger partial charge in [0.2, 0.25) is 0 Å². The zero-order valence-electron chi connectivity index (χ0n) is 28.9. The van der Waals surface area contributed by atoms with Gasteiger partial charge in [0.15, 0.2) is 0 Å². The highest BCUT2D eigenvalue weighted by molar-refractivity contribution is 5.96. The quantitative estimate of drug-likeness (QED) is 0.105. The van der Waals surface area contributed by atoms with E-state index < -0.39 is 0 Å². The van der Waals surface area contributed by atoms with Gasteiger partial charge in [-0.2, -0.15) is 0 Å². The summed E-state index contributed by atoms with van der Waals surface area (Å²) in [6, 6.07) is 41.8. The Labute approximate surface area is 279 Å². The van der Waals surface area contributed by atoms with Gasteiger partial charge in [0.1, 0.15) is 0 Å². The molecular formula is C46H54. The minimum absolute atomic E-state index is 1.12. The van der Waals surface area contributed by atoms with Gasteiger partial charge in [0.25, 0.3) is 0 Å². The molecule has 5 rings (SSSR count). The fourth-order valence-corrected chi connectivity index (χ4v) is 6.90. The Morgan fingerprint density at radius 1 is 0.304 bits per heavy atom. The number of hydrogen-bond acceptors (Lipinski definition) is 0. The molecule has 0 aromatic heterocycles. The fraction of sp³-hybridized carbons (Fsp3) is 0.348. The van der Waals surface area contributed by atoms with E-state index in [-0.39, 0.29) is 0 Å². The average Bonchev–Trinajstić information content (AvgIpc) is 3.11. The van der Waals surface area contributed by atoms with Crippen molar-refractivity contribution in [2.45, 2.75) is 105 Å². The molecule has 0 aliphatic heterocycles. The minimum atomic E-state index is 1.12. The maximum absolute atomic E-state index is 2.50. The number of unbranched alkanes of at least 4 members (excludes halogenated alkanes) is 4. The first-order chi connectivity index (χ1) is 22.7. The van der Waals surface area contributed by atoms with Crippen LogP contribution in [0.25, 0.3) is 44.5 Å². The molecule has 0 unspecified atom stereocenters. The Balaban J connectivity index is 1.64. The van der Waals surface area contributed by atoms with Crippen molar-refractivity contribution in [2.75, 3.05) is 0 Å². The zero-order valence-corrected chi connectivity index (χ0v) is 28.9. The van der Waals surface area contributed by atoms with Crippen molar-refractivity contribution in [1.82, 2.24) is 0 Å². The van der Waals surface area contributed by atoms with Gasteiger partial charge in [-0.25, -0.2) is 0 Å². The molecule has 0 heterocycles. The summed E-state index contributed by atoms with van der Waals surface area (Å²) < 4.78 is 0. The molecule has 0 atom stereocenters. The van der Waals surface area contributed by atoms with Crippen LogP contribution in [0.3, 0.4) is 0 Å². The van der Waals surface area contributed by atoms with Crippen LogP contribution < -0.4 is 0 Å². The lowest BCUT2D eigenvalue weighted by Gasteiger charge is -2.20. The van der Waals surface area contributed by atoms with Crippen molar-refractivity contribution in [3.05, 3.63) is 131 Å². The minimum Gasteiger partial charge on any atom is -0.0654 e. The van der Waals surface area contributed by atoms with Crippen LogP contribution in [0.4, 0.5) is 0 Å². The summed E-state index contributed by atoms with van der Waals surface area (Å²) in [6.07, 6.45) is 14.4. The summed E-state index contributed by atoms with van der Waals surface area (Å²) in [7, 11) is 0. The molecule has 0 spiro atoms. The first-order valence-corrected chi connectivity index (χ1v) is 18.2. The molecule has 46 heavy (non-hydrogen) atoms. The molecule has 0 aliphatic rings. The largest absolute Gasteiger partial charge is 0.0654 e. The molecule has 0 radical (unpaired) electrons. The van der Waals surface area contributed by atoms with Crippen molar-refractivity contribution < 1.29 is 0 Å². The first-order valence-electron chi connectivity index (χ1n) is 18.2. The lowest BCUT2D eigenvalue weighted by Crippen LogP contribution is -1.98. The smallest absolute Gasteiger partial charge is 0.00990 e. The highest BCUT2D eigenvalue weighted by Gasteiger charge is 2.18. The Kier molecular flexibility index (Phi) is 12.5. The predicted molar refractivity (Wildman–Crippen MR) is 203 cm³/mol. The van der Waals surface area contributed by atoms with Gasteiger partial charge < -0.3 is 0 Å². The van der Waals surface area contributed by atoms with E-state index in [1.165, 1.54) is 118 Å². The van der Waals surface area contributed by atoms with E-state index in [0.29, 0.717) is 0 Å². The van der Waals surface area contributed by atoms with Gasteiger partial charge in [-0.05, 0) is 118 Å². The third-order valence-electron chi connectivity index (χ3n) is 9.52. The normalized spacial score (nSPS) is 11.2. The van der Waals surface area contributed by atoms with Crippen molar-refractivity contribution in [3.8, 4) is 44.5 Å². The standard InChI is InChI=1S/C46H54/c1-5-9-19-35-29-31-39(37(33-35)21-11-7-3)41-23-13-15-25-43(41)45-27-17-18-28-46(45)44-26-16-14-24-42(44)40-32-30-36(20-10-6-2)34-38(40)22-12-8-4/h13-18,23-34H,5-12,19-22H2,1-4H3. The van der Waals surface area contributed by atoms with Crippen LogP contribution >= 0.6 is 0 Å². The fourth-order valence-electron chi connectivity index (χ4n) is 6.90. The third kappa shape index (κ3) is 8.08. The van der Waals surface area contributed by atoms with Crippen molar-refractivity contribution in [3.63, 3.8) is 0 Å². The molecule has 0 nitrogen and oxygen atoms in total. The second-order valence-electron chi connectivity index (χ2n) is 13.0. The number of hydrogen-bond donors (Lipinski definition) is 0. The predicted octanol–water partition coefficient (Wildman–Crippen LogP) is 13.7. The summed E-state index contributed by atoms with van der Waals surface area (Å²) in [5.74, 6) is 0. The van der Waals surface area contributed by atoms with Gasteiger partial charge in [0, 0.05) is 0 Å². The molecule has 0 bridgehead atoms. The van der Waals surface area contributed by atoms with Crippen LogP contribution in [0.2, 0.25) is 0 Å². The SMILES string of the molecule is CCCCc1ccc(-c2ccccc2-c2ccccc2-c2ccccc2-c2ccc(CCCC)cc2CCCC)c(CCCC)c1. The van der Waals surface area contributed by atoms with E-state index in [9.17, 15) is 0 Å². The summed E-state index contributed by atoms with van der Waals surface area (Å²) in [5, 5.41) is 0. The van der Waals surface area contributed by atoms with Gasteiger partial charge in [0.05, 0.1) is 0 Å². The van der Waals surface area contributed by atoms with Crippen molar-refractivity contribution in [2.24, 2.45) is 0 Å². The second kappa shape index (κ2) is 17.1. The maximum atomic E-state index is 2.50. The topological polar surface area (TPSA) is 0 Å². The molecular weight excluding hydrogens is 553 g/mol. The van der Waals surface area contributed by atoms with Crippen molar-refractivity contribution in [1.29, 1.82) is 0 Å². The molecule has 5 aromatic carbocycles. The highest BCUT2D eigenvalue weighted by Crippen LogP contribution is 2.43. The van der Waals surface area contributed by atoms with Crippen molar-refractivity contribution >= 4 is 0 Å². The van der Waals surface area contributed by atoms with E-state index in [1.807, 2.05) is 0 Å². The van der Waals surface area contributed by atoms with Gasteiger partial charge in [-0.3, -0.25) is 0 Å². The Morgan fingerprint density at radius 3 is 0.891 bits per heavy atom. The van der Waals surface area contributed by atoms with Gasteiger partial charge >= 0.3 is 0 Å². The Morgan fingerprint density at radius 2 is 0.587 bits per heavy atom. The van der Waals surface area contributed by atoms with Crippen LogP contribution in [-0.2, 0) is 25.7 Å². The summed E-state index contributed by atoms with van der Waals surface area (Å²) in [6.45, 7) is 9.17. The van der Waals surface area contributed by atoms with E-state index in [4.69, 9.17) is 0 Å². The van der Waals surface area contributed by atoms with Crippen LogP contribution in [0.5, 0.6) is 0 Å². The van der Waals surface area contributed by atoms with E-state index >= 15 is 0 Å². The van der Waals surface area contributed by atoms with E-state index in [1.54, 1.807) is 0 Å². The van der Waals surface area contributed by atoms with E-state index in [0.717, 1.165) is 25.7 Å². The molecule has 0 N–H and O–H groups in total. The molecule has 0 fully saturated rings. The first kappa shape index (κ1) is 33.5. The molecule has 5 aromatic rings.